The van der Waals surface area contributed by atoms with Gasteiger partial charge in [0.25, 0.3) is 0 Å². The van der Waals surface area contributed by atoms with Crippen LogP contribution in [0.25, 0.3) is 0 Å². The molecule has 0 aliphatic carbocycles. The van der Waals surface area contributed by atoms with Crippen molar-refractivity contribution in [3.8, 4) is 0 Å². The number of sulfone groups is 2. The van der Waals surface area contributed by atoms with Crippen LogP contribution in [-0.4, -0.2) is 46.2 Å². The van der Waals surface area contributed by atoms with Crippen molar-refractivity contribution in [1.82, 2.24) is 5.32 Å². The van der Waals surface area contributed by atoms with E-state index in [2.05, 4.69) is 5.32 Å². The molecule has 0 bridgehead atoms. The molecule has 8 heteroatoms. The Morgan fingerprint density at radius 1 is 1.40 bits per heavy atom. The fourth-order valence-electron chi connectivity index (χ4n) is 2.27. The Balaban J connectivity index is 2.28. The van der Waals surface area contributed by atoms with Gasteiger partial charge in [-0.3, -0.25) is 0 Å². The van der Waals surface area contributed by atoms with Crippen LogP contribution < -0.4 is 5.32 Å². The predicted molar refractivity (Wildman–Crippen MR) is 80.6 cm³/mol. The lowest BCUT2D eigenvalue weighted by molar-refractivity contribution is 0.480. The van der Waals surface area contributed by atoms with Gasteiger partial charge < -0.3 is 5.32 Å². The molecule has 1 N–H and O–H groups in total. The molecule has 1 aromatic heterocycles. The molecule has 0 saturated carbocycles. The van der Waals surface area contributed by atoms with Crippen molar-refractivity contribution in [1.29, 1.82) is 0 Å². The van der Waals surface area contributed by atoms with Gasteiger partial charge in [0.2, 0.25) is 0 Å². The second-order valence-electron chi connectivity index (χ2n) is 5.50. The monoisotopic (exact) mass is 337 g/mol. The van der Waals surface area contributed by atoms with Gasteiger partial charge in [0.15, 0.2) is 19.7 Å². The van der Waals surface area contributed by atoms with E-state index in [4.69, 9.17) is 0 Å². The van der Waals surface area contributed by atoms with Gasteiger partial charge in [0.05, 0.1) is 16.8 Å². The van der Waals surface area contributed by atoms with Gasteiger partial charge >= 0.3 is 0 Å². The van der Waals surface area contributed by atoms with Gasteiger partial charge in [0.1, 0.15) is 4.21 Å². The highest BCUT2D eigenvalue weighted by molar-refractivity contribution is 7.97. The van der Waals surface area contributed by atoms with E-state index in [1.165, 1.54) is 6.07 Å². The third-order valence-electron chi connectivity index (χ3n) is 3.26. The van der Waals surface area contributed by atoms with Crippen LogP contribution in [0.5, 0.6) is 0 Å². The Morgan fingerprint density at radius 3 is 2.65 bits per heavy atom. The van der Waals surface area contributed by atoms with E-state index in [1.807, 2.05) is 13.8 Å². The van der Waals surface area contributed by atoms with Crippen LogP contribution in [0.15, 0.2) is 21.7 Å². The predicted octanol–water partition coefficient (Wildman–Crippen LogP) is 0.933. The molecule has 0 amide bonds. The summed E-state index contributed by atoms with van der Waals surface area (Å²) in [6, 6.07) is 2.68. The van der Waals surface area contributed by atoms with Crippen molar-refractivity contribution >= 4 is 31.0 Å². The fraction of sp³-hybridized carbons (Fsp3) is 0.667. The summed E-state index contributed by atoms with van der Waals surface area (Å²) in [6.45, 7) is 4.61. The van der Waals surface area contributed by atoms with Gasteiger partial charge in [0, 0.05) is 6.04 Å². The molecule has 0 spiro atoms. The Kier molecular flexibility index (Phi) is 4.58. The SMILES string of the molecule is CC(C)CN[C@@H]1CS(=O)(=O)C[C@H]1S(=O)(=O)c1cccs1. The van der Waals surface area contributed by atoms with Gasteiger partial charge in [-0.1, -0.05) is 19.9 Å². The minimum atomic E-state index is -3.59. The maximum Gasteiger partial charge on any atom is 0.193 e. The number of thiophene rings is 1. The first kappa shape index (κ1) is 15.9. The minimum Gasteiger partial charge on any atom is -0.311 e. The third kappa shape index (κ3) is 3.41. The van der Waals surface area contributed by atoms with Crippen LogP contribution in [0.4, 0.5) is 0 Å². The molecule has 2 heterocycles. The fourth-order valence-corrected chi connectivity index (χ4v) is 8.21. The third-order valence-corrected chi connectivity index (χ3v) is 8.84. The van der Waals surface area contributed by atoms with Crippen LogP contribution >= 0.6 is 11.3 Å². The van der Waals surface area contributed by atoms with E-state index < -0.39 is 31.0 Å². The average molecular weight is 337 g/mol. The van der Waals surface area contributed by atoms with Crippen molar-refractivity contribution in [3.05, 3.63) is 17.5 Å². The molecule has 1 aliphatic heterocycles. The van der Waals surface area contributed by atoms with Crippen molar-refractivity contribution < 1.29 is 16.8 Å². The molecule has 1 aliphatic rings. The highest BCUT2D eigenvalue weighted by Crippen LogP contribution is 2.28. The van der Waals surface area contributed by atoms with Crippen LogP contribution in [0.1, 0.15) is 13.8 Å². The lowest BCUT2D eigenvalue weighted by Crippen LogP contribution is -2.44. The second kappa shape index (κ2) is 5.75. The quantitative estimate of drug-likeness (QED) is 0.865. The molecular formula is C12H19NO4S3. The number of rotatable bonds is 5. The summed E-state index contributed by atoms with van der Waals surface area (Å²) in [7, 11) is -6.89. The van der Waals surface area contributed by atoms with Crippen LogP contribution in [0.2, 0.25) is 0 Å². The van der Waals surface area contributed by atoms with Gasteiger partial charge in [-0.2, -0.15) is 0 Å². The molecule has 5 nitrogen and oxygen atoms in total. The molecule has 0 unspecified atom stereocenters. The van der Waals surface area contributed by atoms with Gasteiger partial charge in [-0.25, -0.2) is 16.8 Å². The average Bonchev–Trinajstić information content (AvgIpc) is 2.93. The molecule has 0 aromatic carbocycles. The summed E-state index contributed by atoms with van der Waals surface area (Å²) in [4.78, 5) is 0. The molecule has 1 fully saturated rings. The smallest absolute Gasteiger partial charge is 0.193 e. The topological polar surface area (TPSA) is 80.3 Å². The summed E-state index contributed by atoms with van der Waals surface area (Å²) < 4.78 is 49.0. The van der Waals surface area contributed by atoms with Crippen LogP contribution in [0.3, 0.4) is 0 Å². The summed E-state index contributed by atoms with van der Waals surface area (Å²) in [6.07, 6.45) is 0. The summed E-state index contributed by atoms with van der Waals surface area (Å²) in [5.41, 5.74) is 0. The van der Waals surface area contributed by atoms with Crippen molar-refractivity contribution in [3.63, 3.8) is 0 Å². The molecule has 20 heavy (non-hydrogen) atoms. The Labute approximate surface area is 124 Å². The minimum absolute atomic E-state index is 0.102. The lowest BCUT2D eigenvalue weighted by Gasteiger charge is -2.20. The van der Waals surface area contributed by atoms with Crippen molar-refractivity contribution in [2.75, 3.05) is 18.1 Å². The number of hydrogen-bond donors (Lipinski definition) is 1. The molecular weight excluding hydrogens is 318 g/mol. The first-order chi connectivity index (χ1) is 9.22. The summed E-state index contributed by atoms with van der Waals surface area (Å²) in [5.74, 6) is -0.0544. The normalized spacial score (nSPS) is 26.1. The zero-order valence-electron chi connectivity index (χ0n) is 11.4. The van der Waals surface area contributed by atoms with Crippen LogP contribution in [-0.2, 0) is 19.7 Å². The Hall–Kier alpha value is -0.440. The van der Waals surface area contributed by atoms with Crippen molar-refractivity contribution in [2.24, 2.45) is 5.92 Å². The number of nitrogens with one attached hydrogen (secondary N) is 1. The van der Waals surface area contributed by atoms with E-state index in [0.29, 0.717) is 12.5 Å². The maximum absolute atomic E-state index is 12.5. The maximum atomic E-state index is 12.5. The zero-order valence-corrected chi connectivity index (χ0v) is 13.9. The van der Waals surface area contributed by atoms with Gasteiger partial charge in [-0.15, -0.1) is 11.3 Å². The molecule has 1 aromatic rings. The second-order valence-corrected chi connectivity index (χ2v) is 11.0. The molecule has 0 radical (unpaired) electrons. The van der Waals surface area contributed by atoms with E-state index in [1.54, 1.807) is 11.4 Å². The largest absolute Gasteiger partial charge is 0.311 e. The molecule has 2 rings (SSSR count). The standard InChI is InChI=1S/C12H19NO4S3/c1-9(2)6-13-10-7-19(14,15)8-11(10)20(16,17)12-4-3-5-18-12/h3-5,9-11,13H,6-8H2,1-2H3/t10-,11-/m1/s1. The summed E-state index contributed by atoms with van der Waals surface area (Å²) in [5, 5.41) is 3.90. The van der Waals surface area contributed by atoms with Crippen molar-refractivity contribution in [2.45, 2.75) is 29.3 Å². The van der Waals surface area contributed by atoms with E-state index in [0.717, 1.165) is 11.3 Å². The first-order valence-corrected chi connectivity index (χ1v) is 10.7. The van der Waals surface area contributed by atoms with E-state index >= 15 is 0 Å². The Bertz CT molecular complexity index is 647. The lowest BCUT2D eigenvalue weighted by atomic mass is 10.2. The number of hydrogen-bond acceptors (Lipinski definition) is 6. The summed E-state index contributed by atoms with van der Waals surface area (Å²) >= 11 is 1.13. The van der Waals surface area contributed by atoms with E-state index in [-0.39, 0.29) is 15.7 Å². The van der Waals surface area contributed by atoms with Crippen LogP contribution in [0, 0.1) is 5.92 Å². The molecule has 1 saturated heterocycles. The Morgan fingerprint density at radius 2 is 2.10 bits per heavy atom. The van der Waals surface area contributed by atoms with E-state index in [9.17, 15) is 16.8 Å². The van der Waals surface area contributed by atoms with Gasteiger partial charge in [-0.05, 0) is 23.9 Å². The molecule has 2 atom stereocenters. The highest BCUT2D eigenvalue weighted by atomic mass is 32.2. The zero-order chi connectivity index (χ0) is 15.0. The first-order valence-electron chi connectivity index (χ1n) is 6.43. The molecule has 114 valence electrons. The highest BCUT2D eigenvalue weighted by Gasteiger charge is 2.45.